The van der Waals surface area contributed by atoms with Crippen molar-refractivity contribution >= 4 is 21.8 Å². The molecular weight excluding hydrogens is 220 g/mol. The standard InChI is InChI=1S/C16H10N2/c1-2-10-11-6-9-4-5-17-15(9)7-12(11)13-8-18-14(3-1)16(10)13/h1-8,17-18H. The summed E-state index contributed by atoms with van der Waals surface area (Å²) < 4.78 is 0. The molecule has 0 saturated carbocycles. The SMILES string of the molecule is c1cc2c3c(c[nH]c3c1)-c1cc3[nH]ccc3cc1-2. The molecule has 0 unspecified atom stereocenters. The van der Waals surface area contributed by atoms with Gasteiger partial charge in [-0.1, -0.05) is 12.1 Å². The number of benzene rings is 2. The molecule has 0 spiro atoms. The molecular formula is C16H10N2. The lowest BCUT2D eigenvalue weighted by molar-refractivity contribution is 1.46. The number of aromatic amines is 2. The molecule has 0 fully saturated rings. The average Bonchev–Trinajstić information content (AvgIpc) is 3.08. The van der Waals surface area contributed by atoms with Crippen molar-refractivity contribution in [1.82, 2.24) is 9.97 Å². The first-order valence-corrected chi connectivity index (χ1v) is 6.14. The summed E-state index contributed by atoms with van der Waals surface area (Å²) in [7, 11) is 0. The first kappa shape index (κ1) is 8.59. The maximum atomic E-state index is 3.35. The molecule has 1 aliphatic carbocycles. The van der Waals surface area contributed by atoms with Crippen molar-refractivity contribution in [3.05, 3.63) is 48.8 Å². The Morgan fingerprint density at radius 2 is 1.67 bits per heavy atom. The number of rotatable bonds is 0. The van der Waals surface area contributed by atoms with Crippen LogP contribution in [0.3, 0.4) is 0 Å². The van der Waals surface area contributed by atoms with Gasteiger partial charge in [0.25, 0.3) is 0 Å². The topological polar surface area (TPSA) is 31.6 Å². The van der Waals surface area contributed by atoms with Crippen LogP contribution in [0.2, 0.25) is 0 Å². The third kappa shape index (κ3) is 0.830. The molecule has 0 bridgehead atoms. The van der Waals surface area contributed by atoms with Crippen molar-refractivity contribution in [3.63, 3.8) is 0 Å². The Morgan fingerprint density at radius 3 is 2.67 bits per heavy atom. The number of aromatic nitrogens is 2. The molecule has 2 N–H and O–H groups in total. The van der Waals surface area contributed by atoms with Gasteiger partial charge < -0.3 is 9.97 Å². The molecule has 0 aliphatic heterocycles. The molecule has 84 valence electrons. The lowest BCUT2D eigenvalue weighted by Gasteiger charge is -2.03. The zero-order valence-electron chi connectivity index (χ0n) is 9.62. The van der Waals surface area contributed by atoms with Crippen LogP contribution in [-0.2, 0) is 0 Å². The third-order valence-corrected chi connectivity index (χ3v) is 3.98. The van der Waals surface area contributed by atoms with Crippen molar-refractivity contribution < 1.29 is 0 Å². The molecule has 0 atom stereocenters. The Hall–Kier alpha value is -2.48. The monoisotopic (exact) mass is 230 g/mol. The van der Waals surface area contributed by atoms with Crippen LogP contribution in [0.5, 0.6) is 0 Å². The van der Waals surface area contributed by atoms with Crippen LogP contribution in [0.4, 0.5) is 0 Å². The van der Waals surface area contributed by atoms with Gasteiger partial charge in [-0.15, -0.1) is 0 Å². The summed E-state index contributed by atoms with van der Waals surface area (Å²) in [6.07, 6.45) is 4.12. The highest BCUT2D eigenvalue weighted by molar-refractivity contribution is 6.16. The lowest BCUT2D eigenvalue weighted by atomic mass is 10.0. The van der Waals surface area contributed by atoms with Crippen LogP contribution in [0.25, 0.3) is 44.1 Å². The van der Waals surface area contributed by atoms with E-state index in [1.54, 1.807) is 0 Å². The fraction of sp³-hybridized carbons (Fsp3) is 0. The van der Waals surface area contributed by atoms with Crippen LogP contribution < -0.4 is 0 Å². The summed E-state index contributed by atoms with van der Waals surface area (Å²) in [6.45, 7) is 0. The van der Waals surface area contributed by atoms with Gasteiger partial charge in [0.1, 0.15) is 0 Å². The highest BCUT2D eigenvalue weighted by Gasteiger charge is 2.22. The van der Waals surface area contributed by atoms with Crippen LogP contribution in [0.15, 0.2) is 48.8 Å². The predicted molar refractivity (Wildman–Crippen MR) is 74.6 cm³/mol. The summed E-state index contributed by atoms with van der Waals surface area (Å²) >= 11 is 0. The van der Waals surface area contributed by atoms with E-state index in [-0.39, 0.29) is 0 Å². The number of H-pyrrole nitrogens is 2. The van der Waals surface area contributed by atoms with E-state index in [2.05, 4.69) is 52.6 Å². The second-order valence-corrected chi connectivity index (χ2v) is 4.89. The Kier molecular flexibility index (Phi) is 1.27. The van der Waals surface area contributed by atoms with Gasteiger partial charge in [0.15, 0.2) is 0 Å². The van der Waals surface area contributed by atoms with E-state index >= 15 is 0 Å². The number of nitrogens with one attached hydrogen (secondary N) is 2. The Bertz CT molecular complexity index is 895. The first-order valence-electron chi connectivity index (χ1n) is 6.14. The number of fused-ring (bicyclic) bond motifs is 4. The maximum Gasteiger partial charge on any atom is 0.0466 e. The Balaban J connectivity index is 2.05. The molecule has 0 radical (unpaired) electrons. The molecule has 0 saturated heterocycles. The van der Waals surface area contributed by atoms with Gasteiger partial charge in [-0.2, -0.15) is 0 Å². The van der Waals surface area contributed by atoms with E-state index in [0.29, 0.717) is 0 Å². The first-order chi connectivity index (χ1) is 8.92. The molecule has 0 amide bonds. The van der Waals surface area contributed by atoms with Crippen LogP contribution in [0.1, 0.15) is 0 Å². The van der Waals surface area contributed by atoms with E-state index in [1.165, 1.54) is 44.1 Å². The third-order valence-electron chi connectivity index (χ3n) is 3.98. The van der Waals surface area contributed by atoms with Crippen LogP contribution >= 0.6 is 0 Å². The van der Waals surface area contributed by atoms with Crippen molar-refractivity contribution in [2.45, 2.75) is 0 Å². The molecule has 18 heavy (non-hydrogen) atoms. The molecule has 1 aliphatic rings. The quantitative estimate of drug-likeness (QED) is 0.397. The van der Waals surface area contributed by atoms with Gasteiger partial charge >= 0.3 is 0 Å². The smallest absolute Gasteiger partial charge is 0.0466 e. The van der Waals surface area contributed by atoms with Gasteiger partial charge in [0, 0.05) is 39.8 Å². The maximum absolute atomic E-state index is 3.35. The highest BCUT2D eigenvalue weighted by Crippen LogP contribution is 2.48. The summed E-state index contributed by atoms with van der Waals surface area (Å²) in [5, 5.41) is 2.64. The summed E-state index contributed by atoms with van der Waals surface area (Å²) in [6, 6.07) is 13.1. The largest absolute Gasteiger partial charge is 0.361 e. The number of hydrogen-bond acceptors (Lipinski definition) is 0. The fourth-order valence-electron chi connectivity index (χ4n) is 3.17. The zero-order valence-corrected chi connectivity index (χ0v) is 9.62. The van der Waals surface area contributed by atoms with Gasteiger partial charge in [0.05, 0.1) is 0 Å². The van der Waals surface area contributed by atoms with Crippen molar-refractivity contribution in [3.8, 4) is 22.3 Å². The molecule has 2 nitrogen and oxygen atoms in total. The Morgan fingerprint density at radius 1 is 0.722 bits per heavy atom. The van der Waals surface area contributed by atoms with Crippen LogP contribution in [-0.4, -0.2) is 9.97 Å². The van der Waals surface area contributed by atoms with Gasteiger partial charge in [0.2, 0.25) is 0 Å². The van der Waals surface area contributed by atoms with E-state index in [1.807, 2.05) is 6.20 Å². The molecule has 2 aromatic heterocycles. The normalized spacial score (nSPS) is 12.4. The number of hydrogen-bond donors (Lipinski definition) is 2. The molecule has 2 heterocycles. The van der Waals surface area contributed by atoms with E-state index in [0.717, 1.165) is 0 Å². The minimum atomic E-state index is 1.20. The highest BCUT2D eigenvalue weighted by atomic mass is 14.7. The molecule has 5 rings (SSSR count). The van der Waals surface area contributed by atoms with Crippen molar-refractivity contribution in [2.24, 2.45) is 0 Å². The average molecular weight is 230 g/mol. The minimum absolute atomic E-state index is 1.20. The molecule has 2 heteroatoms. The van der Waals surface area contributed by atoms with E-state index < -0.39 is 0 Å². The summed E-state index contributed by atoms with van der Waals surface area (Å²) in [4.78, 5) is 6.64. The molecule has 2 aromatic carbocycles. The van der Waals surface area contributed by atoms with Crippen LogP contribution in [0, 0.1) is 0 Å². The summed E-state index contributed by atoms with van der Waals surface area (Å²) in [5.74, 6) is 0. The summed E-state index contributed by atoms with van der Waals surface area (Å²) in [5.41, 5.74) is 7.79. The van der Waals surface area contributed by atoms with Gasteiger partial charge in [-0.3, -0.25) is 0 Å². The minimum Gasteiger partial charge on any atom is -0.361 e. The Labute approximate surface area is 103 Å². The van der Waals surface area contributed by atoms with Crippen molar-refractivity contribution in [2.75, 3.05) is 0 Å². The van der Waals surface area contributed by atoms with Crippen molar-refractivity contribution in [1.29, 1.82) is 0 Å². The predicted octanol–water partition coefficient (Wildman–Crippen LogP) is 4.30. The second kappa shape index (κ2) is 2.67. The fourth-order valence-corrected chi connectivity index (χ4v) is 3.17. The lowest BCUT2D eigenvalue weighted by Crippen LogP contribution is -1.78. The second-order valence-electron chi connectivity index (χ2n) is 4.89. The van der Waals surface area contributed by atoms with E-state index in [4.69, 9.17) is 0 Å². The molecule has 4 aromatic rings. The van der Waals surface area contributed by atoms with Gasteiger partial charge in [-0.25, -0.2) is 0 Å². The zero-order chi connectivity index (χ0) is 11.7. The van der Waals surface area contributed by atoms with E-state index in [9.17, 15) is 0 Å². The van der Waals surface area contributed by atoms with Gasteiger partial charge in [-0.05, 0) is 41.0 Å².